The van der Waals surface area contributed by atoms with Gasteiger partial charge < -0.3 is 15.7 Å². The van der Waals surface area contributed by atoms with Crippen molar-refractivity contribution in [2.75, 3.05) is 0 Å². The normalized spacial score (nSPS) is 26.7. The van der Waals surface area contributed by atoms with Crippen molar-refractivity contribution in [3.63, 3.8) is 0 Å². The second-order valence-corrected chi connectivity index (χ2v) is 4.64. The number of hydrogen-bond donors (Lipinski definition) is 3. The monoisotopic (exact) mass is 228 g/mol. The van der Waals surface area contributed by atoms with Gasteiger partial charge in [0.1, 0.15) is 6.04 Å². The lowest BCUT2D eigenvalue weighted by Crippen LogP contribution is -2.49. The highest BCUT2D eigenvalue weighted by molar-refractivity contribution is 5.83. The van der Waals surface area contributed by atoms with Crippen molar-refractivity contribution < 1.29 is 14.7 Å². The number of carboxylic acids is 1. The Hall–Kier alpha value is -1.26. The number of rotatable bonds is 5. The van der Waals surface area contributed by atoms with Gasteiger partial charge in [0.2, 0.25) is 0 Å². The molecule has 0 radical (unpaired) electrons. The Morgan fingerprint density at radius 3 is 2.44 bits per heavy atom. The van der Waals surface area contributed by atoms with E-state index in [9.17, 15) is 9.59 Å². The lowest BCUT2D eigenvalue weighted by molar-refractivity contribution is -0.140. The molecule has 0 heterocycles. The molecule has 5 nitrogen and oxygen atoms in total. The molecule has 3 N–H and O–H groups in total. The topological polar surface area (TPSA) is 78.4 Å². The Balaban J connectivity index is 2.41. The highest BCUT2D eigenvalue weighted by Crippen LogP contribution is 2.28. The van der Waals surface area contributed by atoms with Crippen LogP contribution in [0.15, 0.2) is 0 Å². The minimum atomic E-state index is -0.978. The molecule has 1 aliphatic rings. The second kappa shape index (κ2) is 5.18. The van der Waals surface area contributed by atoms with Crippen molar-refractivity contribution in [2.24, 2.45) is 11.8 Å². The Morgan fingerprint density at radius 1 is 1.50 bits per heavy atom. The standard InChI is InChI=1S/C11H20N2O3/c1-4-6(2)9(10(14)15)13-11(16)12-8-5-7(8)3/h6-9H,4-5H2,1-3H3,(H,14,15)(H2,12,13,16)/t6-,7?,8?,9-/m0/s1. The zero-order valence-corrected chi connectivity index (χ0v) is 9.99. The molecule has 0 spiro atoms. The molecular weight excluding hydrogens is 208 g/mol. The van der Waals surface area contributed by atoms with Gasteiger partial charge in [-0.3, -0.25) is 0 Å². The van der Waals surface area contributed by atoms with E-state index < -0.39 is 12.0 Å². The molecule has 0 bridgehead atoms. The van der Waals surface area contributed by atoms with Gasteiger partial charge in [-0.25, -0.2) is 9.59 Å². The van der Waals surface area contributed by atoms with E-state index in [2.05, 4.69) is 10.6 Å². The highest BCUT2D eigenvalue weighted by Gasteiger charge is 2.35. The third-order valence-electron chi connectivity index (χ3n) is 3.19. The van der Waals surface area contributed by atoms with Crippen molar-refractivity contribution in [3.05, 3.63) is 0 Å². The summed E-state index contributed by atoms with van der Waals surface area (Å²) < 4.78 is 0. The zero-order valence-electron chi connectivity index (χ0n) is 9.99. The fourth-order valence-electron chi connectivity index (χ4n) is 1.56. The molecule has 0 aromatic rings. The summed E-state index contributed by atoms with van der Waals surface area (Å²) >= 11 is 0. The molecule has 0 aromatic heterocycles. The smallest absolute Gasteiger partial charge is 0.326 e. The summed E-state index contributed by atoms with van der Waals surface area (Å²) in [6, 6.07) is -0.965. The molecule has 0 aliphatic heterocycles. The lowest BCUT2D eigenvalue weighted by Gasteiger charge is -2.20. The number of hydrogen-bond acceptors (Lipinski definition) is 2. The zero-order chi connectivity index (χ0) is 12.3. The van der Waals surface area contributed by atoms with Gasteiger partial charge in [-0.05, 0) is 18.3 Å². The predicted molar refractivity (Wildman–Crippen MR) is 60.1 cm³/mol. The Morgan fingerprint density at radius 2 is 2.06 bits per heavy atom. The number of carbonyl (C=O) groups excluding carboxylic acids is 1. The minimum Gasteiger partial charge on any atom is -0.480 e. The molecule has 1 aliphatic carbocycles. The molecule has 2 unspecified atom stereocenters. The summed E-state index contributed by atoms with van der Waals surface area (Å²) in [5, 5.41) is 14.2. The number of carboxylic acid groups (broad SMARTS) is 1. The maximum absolute atomic E-state index is 11.5. The number of carbonyl (C=O) groups is 2. The third kappa shape index (κ3) is 3.40. The summed E-state index contributed by atoms with van der Waals surface area (Å²) in [6.07, 6.45) is 1.70. The molecule has 1 fully saturated rings. The van der Waals surface area contributed by atoms with E-state index in [1.165, 1.54) is 0 Å². The summed E-state index contributed by atoms with van der Waals surface area (Å²) in [5.74, 6) is -0.536. The fraction of sp³-hybridized carbons (Fsp3) is 0.818. The summed E-state index contributed by atoms with van der Waals surface area (Å²) in [4.78, 5) is 22.4. The molecule has 1 saturated carbocycles. The minimum absolute atomic E-state index is 0.0696. The molecule has 4 atom stereocenters. The van der Waals surface area contributed by atoms with E-state index >= 15 is 0 Å². The maximum Gasteiger partial charge on any atom is 0.326 e. The molecular formula is C11H20N2O3. The van der Waals surface area contributed by atoms with Crippen LogP contribution in [0.5, 0.6) is 0 Å². The first kappa shape index (κ1) is 12.8. The summed E-state index contributed by atoms with van der Waals surface area (Å²) in [5.41, 5.74) is 0. The largest absolute Gasteiger partial charge is 0.480 e. The molecule has 16 heavy (non-hydrogen) atoms. The van der Waals surface area contributed by atoms with Gasteiger partial charge in [0.25, 0.3) is 0 Å². The van der Waals surface area contributed by atoms with E-state index in [1.807, 2.05) is 20.8 Å². The van der Waals surface area contributed by atoms with Crippen LogP contribution in [-0.4, -0.2) is 29.2 Å². The first-order valence-corrected chi connectivity index (χ1v) is 5.75. The molecule has 1 rings (SSSR count). The Labute approximate surface area is 95.6 Å². The average Bonchev–Trinajstić information content (AvgIpc) is 2.89. The molecule has 0 aromatic carbocycles. The quantitative estimate of drug-likeness (QED) is 0.661. The van der Waals surface area contributed by atoms with E-state index in [1.54, 1.807) is 0 Å². The van der Waals surface area contributed by atoms with Crippen LogP contribution in [0, 0.1) is 11.8 Å². The van der Waals surface area contributed by atoms with Crippen LogP contribution in [0.4, 0.5) is 4.79 Å². The van der Waals surface area contributed by atoms with Gasteiger partial charge in [-0.2, -0.15) is 0 Å². The van der Waals surface area contributed by atoms with E-state index in [0.29, 0.717) is 5.92 Å². The molecule has 0 saturated heterocycles. The number of urea groups is 1. The number of amides is 2. The highest BCUT2D eigenvalue weighted by atomic mass is 16.4. The molecule has 5 heteroatoms. The van der Waals surface area contributed by atoms with Gasteiger partial charge >= 0.3 is 12.0 Å². The number of nitrogens with one attached hydrogen (secondary N) is 2. The second-order valence-electron chi connectivity index (χ2n) is 4.64. The first-order valence-electron chi connectivity index (χ1n) is 5.75. The van der Waals surface area contributed by atoms with Crippen molar-refractivity contribution in [1.82, 2.24) is 10.6 Å². The molecule has 2 amide bonds. The van der Waals surface area contributed by atoms with E-state index in [-0.39, 0.29) is 18.0 Å². The van der Waals surface area contributed by atoms with Gasteiger partial charge in [0.15, 0.2) is 0 Å². The van der Waals surface area contributed by atoms with Crippen LogP contribution in [-0.2, 0) is 4.79 Å². The Bertz CT molecular complexity index is 280. The first-order chi connectivity index (χ1) is 7.45. The van der Waals surface area contributed by atoms with E-state index in [0.717, 1.165) is 12.8 Å². The van der Waals surface area contributed by atoms with Crippen LogP contribution in [0.3, 0.4) is 0 Å². The predicted octanol–water partition coefficient (Wildman–Crippen LogP) is 1.19. The SMILES string of the molecule is CC[C@H](C)[C@H](NC(=O)NC1CC1C)C(=O)O. The summed E-state index contributed by atoms with van der Waals surface area (Å²) in [6.45, 7) is 5.77. The van der Waals surface area contributed by atoms with Crippen LogP contribution in [0.25, 0.3) is 0 Å². The van der Waals surface area contributed by atoms with Crippen molar-refractivity contribution in [1.29, 1.82) is 0 Å². The van der Waals surface area contributed by atoms with Crippen molar-refractivity contribution in [2.45, 2.75) is 45.7 Å². The maximum atomic E-state index is 11.5. The van der Waals surface area contributed by atoms with Gasteiger partial charge in [0, 0.05) is 6.04 Å². The van der Waals surface area contributed by atoms with Crippen LogP contribution >= 0.6 is 0 Å². The van der Waals surface area contributed by atoms with Crippen LogP contribution in [0.1, 0.15) is 33.6 Å². The van der Waals surface area contributed by atoms with Crippen molar-refractivity contribution in [3.8, 4) is 0 Å². The van der Waals surface area contributed by atoms with Crippen LogP contribution in [0.2, 0.25) is 0 Å². The third-order valence-corrected chi connectivity index (χ3v) is 3.19. The summed E-state index contributed by atoms with van der Waals surface area (Å²) in [7, 11) is 0. The molecule has 92 valence electrons. The van der Waals surface area contributed by atoms with Gasteiger partial charge in [-0.15, -0.1) is 0 Å². The fourth-order valence-corrected chi connectivity index (χ4v) is 1.56. The van der Waals surface area contributed by atoms with Crippen LogP contribution < -0.4 is 10.6 Å². The number of aliphatic carboxylic acids is 1. The van der Waals surface area contributed by atoms with Gasteiger partial charge in [-0.1, -0.05) is 27.2 Å². The lowest BCUT2D eigenvalue weighted by atomic mass is 9.99. The van der Waals surface area contributed by atoms with Gasteiger partial charge in [0.05, 0.1) is 0 Å². The average molecular weight is 228 g/mol. The Kier molecular flexibility index (Phi) is 4.15. The van der Waals surface area contributed by atoms with Crippen molar-refractivity contribution >= 4 is 12.0 Å². The van der Waals surface area contributed by atoms with E-state index in [4.69, 9.17) is 5.11 Å².